The molecule has 0 N–H and O–H groups in total. The summed E-state index contributed by atoms with van der Waals surface area (Å²) in [5.74, 6) is -5.20. The zero-order chi connectivity index (χ0) is 29.3. The first-order valence-electron chi connectivity index (χ1n) is 14.6. The van der Waals surface area contributed by atoms with Crippen LogP contribution in [0.5, 0.6) is 0 Å². The minimum atomic E-state index is -1.14. The molecule has 41 heavy (non-hydrogen) atoms. The highest BCUT2D eigenvalue weighted by molar-refractivity contribution is 5.41. The van der Waals surface area contributed by atoms with Gasteiger partial charge in [-0.25, -0.2) is 26.3 Å². The summed E-state index contributed by atoms with van der Waals surface area (Å²) in [6.07, 6.45) is 4.83. The van der Waals surface area contributed by atoms with E-state index in [1.54, 1.807) is 12.1 Å². The maximum atomic E-state index is 15.7. The third-order valence-corrected chi connectivity index (χ3v) is 9.12. The monoisotopic (exact) mass is 569 g/mol. The molecule has 1 saturated carbocycles. The van der Waals surface area contributed by atoms with E-state index in [0.29, 0.717) is 50.5 Å². The van der Waals surface area contributed by atoms with Crippen molar-refractivity contribution in [1.82, 2.24) is 0 Å². The van der Waals surface area contributed by atoms with E-state index >= 15 is 13.2 Å². The predicted octanol–water partition coefficient (Wildman–Crippen LogP) is 9.52. The molecule has 0 heterocycles. The van der Waals surface area contributed by atoms with E-state index < -0.39 is 40.8 Å². The van der Waals surface area contributed by atoms with Crippen LogP contribution in [-0.4, -0.2) is 0 Å². The van der Waals surface area contributed by atoms with E-state index in [9.17, 15) is 13.2 Å². The van der Waals surface area contributed by atoms with E-state index in [0.717, 1.165) is 12.0 Å². The summed E-state index contributed by atoms with van der Waals surface area (Å²) in [6.45, 7) is 1.94. The van der Waals surface area contributed by atoms with Gasteiger partial charge in [-0.15, -0.1) is 0 Å². The molecule has 3 aromatic carbocycles. The largest absolute Gasteiger partial charge is 0.207 e. The van der Waals surface area contributed by atoms with Crippen LogP contribution in [0.1, 0.15) is 103 Å². The molecule has 0 aliphatic heterocycles. The van der Waals surface area contributed by atoms with Crippen molar-refractivity contribution in [2.24, 2.45) is 5.92 Å². The van der Waals surface area contributed by atoms with Gasteiger partial charge in [0.15, 0.2) is 11.6 Å². The molecule has 0 radical (unpaired) electrons. The quantitative estimate of drug-likeness (QED) is 0.205. The molecule has 1 fully saturated rings. The molecule has 0 aromatic heterocycles. The van der Waals surface area contributed by atoms with Crippen LogP contribution in [-0.2, 0) is 25.7 Å². The Bertz CT molecular complexity index is 1460. The zero-order valence-electron chi connectivity index (χ0n) is 23.1. The Labute approximate surface area is 237 Å². The van der Waals surface area contributed by atoms with Crippen molar-refractivity contribution in [3.8, 4) is 6.07 Å². The van der Waals surface area contributed by atoms with Crippen molar-refractivity contribution >= 4 is 0 Å². The van der Waals surface area contributed by atoms with Crippen molar-refractivity contribution in [3.05, 3.63) is 104 Å². The Kier molecular flexibility index (Phi) is 8.77. The SMILES string of the molecule is CCCc1cc(F)c(CCC2CCc3c(F)c(C4CCC(c5ccc(C#N)c(F)c5)CC4)c(F)c(F)c3C2)c(F)c1. The molecule has 0 bridgehead atoms. The van der Waals surface area contributed by atoms with Crippen LogP contribution in [0.15, 0.2) is 30.3 Å². The molecule has 3 aromatic rings. The Hall–Kier alpha value is -3.27. The second-order valence-electron chi connectivity index (χ2n) is 11.6. The zero-order valence-corrected chi connectivity index (χ0v) is 23.1. The van der Waals surface area contributed by atoms with Gasteiger partial charge in [0.1, 0.15) is 29.3 Å². The average Bonchev–Trinajstić information content (AvgIpc) is 2.96. The fraction of sp³-hybridized carbons (Fsp3) is 0.441. The number of hydrogen-bond donors (Lipinski definition) is 0. The minimum Gasteiger partial charge on any atom is -0.207 e. The van der Waals surface area contributed by atoms with Gasteiger partial charge in [0.05, 0.1) is 5.56 Å². The summed E-state index contributed by atoms with van der Waals surface area (Å²) < 4.78 is 89.7. The second-order valence-corrected chi connectivity index (χ2v) is 11.6. The van der Waals surface area contributed by atoms with Crippen LogP contribution in [0.25, 0.3) is 0 Å². The highest BCUT2D eigenvalue weighted by Crippen LogP contribution is 2.45. The third kappa shape index (κ3) is 5.89. The van der Waals surface area contributed by atoms with E-state index in [2.05, 4.69) is 0 Å². The van der Waals surface area contributed by atoms with Gasteiger partial charge in [0, 0.05) is 11.1 Å². The van der Waals surface area contributed by atoms with E-state index in [4.69, 9.17) is 5.26 Å². The lowest BCUT2D eigenvalue weighted by Gasteiger charge is -2.32. The molecular weight excluding hydrogens is 536 g/mol. The second kappa shape index (κ2) is 12.3. The summed E-state index contributed by atoms with van der Waals surface area (Å²) >= 11 is 0. The highest BCUT2D eigenvalue weighted by Gasteiger charge is 2.34. The van der Waals surface area contributed by atoms with Gasteiger partial charge in [-0.2, -0.15) is 5.26 Å². The van der Waals surface area contributed by atoms with Gasteiger partial charge in [-0.1, -0.05) is 19.4 Å². The molecule has 0 saturated heterocycles. The number of aryl methyl sites for hydroxylation is 1. The number of fused-ring (bicyclic) bond motifs is 1. The molecule has 2 aliphatic carbocycles. The summed E-state index contributed by atoms with van der Waals surface area (Å²) in [5, 5.41) is 8.95. The number of rotatable bonds is 7. The van der Waals surface area contributed by atoms with Gasteiger partial charge >= 0.3 is 0 Å². The molecule has 7 heteroatoms. The maximum absolute atomic E-state index is 15.7. The molecule has 1 unspecified atom stereocenters. The first-order chi connectivity index (χ1) is 19.7. The van der Waals surface area contributed by atoms with Crippen molar-refractivity contribution in [2.45, 2.75) is 89.4 Å². The molecular formula is C34H33F6N. The summed E-state index contributed by atoms with van der Waals surface area (Å²) in [4.78, 5) is 0. The highest BCUT2D eigenvalue weighted by atomic mass is 19.2. The summed E-state index contributed by atoms with van der Waals surface area (Å²) in [5.41, 5.74) is 1.40. The van der Waals surface area contributed by atoms with E-state index in [1.165, 1.54) is 24.3 Å². The number of halogens is 6. The first-order valence-corrected chi connectivity index (χ1v) is 14.6. The van der Waals surface area contributed by atoms with Gasteiger partial charge < -0.3 is 0 Å². The normalized spacial score (nSPS) is 20.5. The summed E-state index contributed by atoms with van der Waals surface area (Å²) in [6, 6.07) is 9.03. The summed E-state index contributed by atoms with van der Waals surface area (Å²) in [7, 11) is 0. The van der Waals surface area contributed by atoms with Gasteiger partial charge in [-0.05, 0) is 128 Å². The van der Waals surface area contributed by atoms with Gasteiger partial charge in [0.2, 0.25) is 0 Å². The Morgan fingerprint density at radius 2 is 1.44 bits per heavy atom. The molecule has 216 valence electrons. The lowest BCUT2D eigenvalue weighted by Crippen LogP contribution is -2.23. The standard InChI is InChI=1S/C34H33F6N/c1-2-3-20-15-29(36)26(30(37)16-20)13-5-19-4-12-25-27(14-19)33(39)34(40)31(32(25)38)22-8-6-21(7-9-22)23-10-11-24(18-41)28(35)17-23/h10-11,15-17,19,21-22H,2-9,12-14H2,1H3. The minimum absolute atomic E-state index is 0.000342. The predicted molar refractivity (Wildman–Crippen MR) is 146 cm³/mol. The lowest BCUT2D eigenvalue weighted by atomic mass is 9.73. The number of benzene rings is 3. The number of nitrogens with zero attached hydrogens (tertiary/aromatic N) is 1. The Morgan fingerprint density at radius 3 is 2.07 bits per heavy atom. The lowest BCUT2D eigenvalue weighted by molar-refractivity contribution is 0.353. The van der Waals surface area contributed by atoms with Crippen LogP contribution in [0, 0.1) is 52.2 Å². The van der Waals surface area contributed by atoms with Gasteiger partial charge in [-0.3, -0.25) is 0 Å². The molecule has 1 nitrogen and oxygen atoms in total. The van der Waals surface area contributed by atoms with Crippen LogP contribution < -0.4 is 0 Å². The Morgan fingerprint density at radius 1 is 0.756 bits per heavy atom. The Balaban J connectivity index is 1.28. The van der Waals surface area contributed by atoms with E-state index in [-0.39, 0.29) is 58.9 Å². The van der Waals surface area contributed by atoms with Crippen molar-refractivity contribution in [3.63, 3.8) is 0 Å². The fourth-order valence-corrected chi connectivity index (χ4v) is 6.86. The average molecular weight is 570 g/mol. The fourth-order valence-electron chi connectivity index (χ4n) is 6.86. The molecule has 5 rings (SSSR count). The van der Waals surface area contributed by atoms with Crippen molar-refractivity contribution in [2.75, 3.05) is 0 Å². The molecule has 2 aliphatic rings. The van der Waals surface area contributed by atoms with Crippen LogP contribution in [0.4, 0.5) is 26.3 Å². The van der Waals surface area contributed by atoms with Crippen molar-refractivity contribution in [1.29, 1.82) is 5.26 Å². The van der Waals surface area contributed by atoms with Crippen LogP contribution in [0.3, 0.4) is 0 Å². The van der Waals surface area contributed by atoms with Crippen molar-refractivity contribution < 1.29 is 26.3 Å². The van der Waals surface area contributed by atoms with Crippen LogP contribution >= 0.6 is 0 Å². The third-order valence-electron chi connectivity index (χ3n) is 9.12. The first kappa shape index (κ1) is 29.2. The number of hydrogen-bond acceptors (Lipinski definition) is 1. The van der Waals surface area contributed by atoms with Crippen LogP contribution in [0.2, 0.25) is 0 Å². The molecule has 0 spiro atoms. The van der Waals surface area contributed by atoms with Gasteiger partial charge in [0.25, 0.3) is 0 Å². The van der Waals surface area contributed by atoms with E-state index in [1.807, 2.05) is 6.92 Å². The molecule has 0 amide bonds. The number of nitriles is 1. The molecule has 1 atom stereocenters. The maximum Gasteiger partial charge on any atom is 0.165 e. The topological polar surface area (TPSA) is 23.8 Å². The smallest absolute Gasteiger partial charge is 0.165 e.